The number of hydrogen-bond acceptors (Lipinski definition) is 4. The third-order valence-electron chi connectivity index (χ3n) is 3.68. The maximum atomic E-state index is 11.7. The van der Waals surface area contributed by atoms with Crippen LogP contribution in [-0.2, 0) is 0 Å². The molecule has 0 radical (unpaired) electrons. The van der Waals surface area contributed by atoms with Gasteiger partial charge in [-0.15, -0.1) is 0 Å². The average molecular weight is 236 g/mol. The van der Waals surface area contributed by atoms with Gasteiger partial charge in [0.15, 0.2) is 5.82 Å². The third-order valence-corrected chi connectivity index (χ3v) is 3.68. The molecule has 1 aliphatic carbocycles. The summed E-state index contributed by atoms with van der Waals surface area (Å²) in [5, 5.41) is 3.31. The van der Waals surface area contributed by atoms with E-state index in [9.17, 15) is 4.79 Å². The molecule has 17 heavy (non-hydrogen) atoms. The topological polar surface area (TPSA) is 61.0 Å². The van der Waals surface area contributed by atoms with Crippen LogP contribution in [0.2, 0.25) is 0 Å². The van der Waals surface area contributed by atoms with E-state index in [1.54, 1.807) is 12.4 Å². The van der Waals surface area contributed by atoms with Gasteiger partial charge < -0.3 is 15.2 Å². The Balaban J connectivity index is 2.04. The lowest BCUT2D eigenvalue weighted by Gasteiger charge is -2.34. The normalized spacial score (nSPS) is 24.6. The quantitative estimate of drug-likeness (QED) is 0.812. The van der Waals surface area contributed by atoms with Crippen LogP contribution in [0.3, 0.4) is 0 Å². The van der Waals surface area contributed by atoms with Gasteiger partial charge in [0.1, 0.15) is 0 Å². The van der Waals surface area contributed by atoms with E-state index in [2.05, 4.69) is 15.3 Å². The molecule has 2 rings (SSSR count). The van der Waals surface area contributed by atoms with Gasteiger partial charge in [0.25, 0.3) is 5.56 Å². The number of rotatable bonds is 3. The minimum Gasteiger partial charge on any atom is -0.352 e. The Morgan fingerprint density at radius 2 is 2.12 bits per heavy atom. The first-order chi connectivity index (χ1) is 8.22. The molecule has 5 nitrogen and oxygen atoms in total. The summed E-state index contributed by atoms with van der Waals surface area (Å²) in [4.78, 5) is 20.5. The molecule has 1 saturated carbocycles. The molecule has 0 aliphatic heterocycles. The largest absolute Gasteiger partial charge is 0.352 e. The fraction of sp³-hybridized carbons (Fsp3) is 0.667. The summed E-state index contributed by atoms with van der Waals surface area (Å²) in [6.45, 7) is 0. The Labute approximate surface area is 101 Å². The van der Waals surface area contributed by atoms with E-state index < -0.39 is 0 Å². The van der Waals surface area contributed by atoms with E-state index >= 15 is 0 Å². The highest BCUT2D eigenvalue weighted by atomic mass is 16.1. The van der Waals surface area contributed by atoms with Crippen molar-refractivity contribution in [3.63, 3.8) is 0 Å². The van der Waals surface area contributed by atoms with Crippen LogP contribution in [0.15, 0.2) is 17.2 Å². The molecule has 0 spiro atoms. The first kappa shape index (κ1) is 12.1. The lowest BCUT2D eigenvalue weighted by atomic mass is 9.90. The second-order valence-electron chi connectivity index (χ2n) is 4.65. The van der Waals surface area contributed by atoms with E-state index in [1.807, 2.05) is 19.0 Å². The highest BCUT2D eigenvalue weighted by Crippen LogP contribution is 2.23. The SMILES string of the molecule is CNC1CCC(N(C)c2ncc[nH]c2=O)CC1. The van der Waals surface area contributed by atoms with Gasteiger partial charge in [0, 0.05) is 31.5 Å². The molecule has 5 heteroatoms. The number of nitrogens with one attached hydrogen (secondary N) is 2. The molecule has 1 aromatic heterocycles. The summed E-state index contributed by atoms with van der Waals surface area (Å²) in [7, 11) is 3.97. The molecule has 1 heterocycles. The van der Waals surface area contributed by atoms with Gasteiger partial charge in [-0.3, -0.25) is 4.79 Å². The lowest BCUT2D eigenvalue weighted by Crippen LogP contribution is -2.42. The standard InChI is InChI=1S/C12H20N4O/c1-13-9-3-5-10(6-4-9)16(2)11-12(17)15-8-7-14-11/h7-10,13H,3-6H2,1-2H3,(H,15,17). The number of H-pyrrole nitrogens is 1. The van der Waals surface area contributed by atoms with Gasteiger partial charge in [-0.05, 0) is 32.7 Å². The van der Waals surface area contributed by atoms with Gasteiger partial charge in [0.05, 0.1) is 0 Å². The van der Waals surface area contributed by atoms with Crippen LogP contribution in [0, 0.1) is 0 Å². The van der Waals surface area contributed by atoms with Crippen LogP contribution in [-0.4, -0.2) is 36.1 Å². The number of aromatic amines is 1. The van der Waals surface area contributed by atoms with Crippen molar-refractivity contribution in [3.05, 3.63) is 22.7 Å². The van der Waals surface area contributed by atoms with E-state index in [0.29, 0.717) is 17.9 Å². The summed E-state index contributed by atoms with van der Waals surface area (Å²) >= 11 is 0. The smallest absolute Gasteiger partial charge is 0.290 e. The van der Waals surface area contributed by atoms with Crippen LogP contribution in [0.5, 0.6) is 0 Å². The van der Waals surface area contributed by atoms with E-state index in [-0.39, 0.29) is 5.56 Å². The Kier molecular flexibility index (Phi) is 3.78. The van der Waals surface area contributed by atoms with Crippen LogP contribution < -0.4 is 15.8 Å². The number of aromatic nitrogens is 2. The fourth-order valence-corrected chi connectivity index (χ4v) is 2.52. The van der Waals surface area contributed by atoms with E-state index in [4.69, 9.17) is 0 Å². The van der Waals surface area contributed by atoms with Crippen molar-refractivity contribution < 1.29 is 0 Å². The summed E-state index contributed by atoms with van der Waals surface area (Å²) < 4.78 is 0. The molecule has 1 aromatic rings. The van der Waals surface area contributed by atoms with Crippen molar-refractivity contribution in [2.75, 3.05) is 19.0 Å². The van der Waals surface area contributed by atoms with Gasteiger partial charge in [-0.1, -0.05) is 0 Å². The Bertz CT molecular complexity index is 409. The summed E-state index contributed by atoms with van der Waals surface area (Å²) in [5.41, 5.74) is -0.106. The molecular formula is C12H20N4O. The number of nitrogens with zero attached hydrogens (tertiary/aromatic N) is 2. The van der Waals surface area contributed by atoms with Gasteiger partial charge >= 0.3 is 0 Å². The number of anilines is 1. The Morgan fingerprint density at radius 1 is 1.41 bits per heavy atom. The molecule has 0 saturated heterocycles. The van der Waals surface area contributed by atoms with E-state index in [1.165, 1.54) is 0 Å². The molecule has 0 unspecified atom stereocenters. The Morgan fingerprint density at radius 3 is 2.71 bits per heavy atom. The van der Waals surface area contributed by atoms with Crippen molar-refractivity contribution in [1.82, 2.24) is 15.3 Å². The summed E-state index contributed by atoms with van der Waals surface area (Å²) in [6.07, 6.45) is 7.74. The Hall–Kier alpha value is -1.36. The molecule has 0 bridgehead atoms. The van der Waals surface area contributed by atoms with Crippen LogP contribution in [0.1, 0.15) is 25.7 Å². The first-order valence-electron chi connectivity index (χ1n) is 6.16. The minimum absolute atomic E-state index is 0.106. The van der Waals surface area contributed by atoms with Crippen molar-refractivity contribution in [1.29, 1.82) is 0 Å². The summed E-state index contributed by atoms with van der Waals surface area (Å²) in [5.74, 6) is 0.528. The zero-order valence-corrected chi connectivity index (χ0v) is 10.4. The zero-order chi connectivity index (χ0) is 12.3. The predicted octanol–water partition coefficient (Wildman–Crippen LogP) is 0.737. The highest BCUT2D eigenvalue weighted by molar-refractivity contribution is 5.35. The lowest BCUT2D eigenvalue weighted by molar-refractivity contribution is 0.350. The highest BCUT2D eigenvalue weighted by Gasteiger charge is 2.24. The van der Waals surface area contributed by atoms with Gasteiger partial charge in [-0.25, -0.2) is 4.98 Å². The molecule has 0 aromatic carbocycles. The van der Waals surface area contributed by atoms with Crippen LogP contribution in [0.25, 0.3) is 0 Å². The minimum atomic E-state index is -0.106. The monoisotopic (exact) mass is 236 g/mol. The van der Waals surface area contributed by atoms with Crippen molar-refractivity contribution in [3.8, 4) is 0 Å². The summed E-state index contributed by atoms with van der Waals surface area (Å²) in [6, 6.07) is 1.05. The second kappa shape index (κ2) is 5.31. The first-order valence-corrected chi connectivity index (χ1v) is 6.16. The number of hydrogen-bond donors (Lipinski definition) is 2. The van der Waals surface area contributed by atoms with Crippen LogP contribution in [0.4, 0.5) is 5.82 Å². The molecular weight excluding hydrogens is 216 g/mol. The van der Waals surface area contributed by atoms with Gasteiger partial charge in [0.2, 0.25) is 0 Å². The molecule has 1 fully saturated rings. The zero-order valence-electron chi connectivity index (χ0n) is 10.4. The molecule has 2 N–H and O–H groups in total. The molecule has 1 aliphatic rings. The second-order valence-corrected chi connectivity index (χ2v) is 4.65. The third kappa shape index (κ3) is 2.66. The molecule has 0 amide bonds. The van der Waals surface area contributed by atoms with E-state index in [0.717, 1.165) is 25.7 Å². The maximum absolute atomic E-state index is 11.7. The van der Waals surface area contributed by atoms with Crippen LogP contribution >= 0.6 is 0 Å². The fourth-order valence-electron chi connectivity index (χ4n) is 2.52. The predicted molar refractivity (Wildman–Crippen MR) is 68.4 cm³/mol. The van der Waals surface area contributed by atoms with Crippen molar-refractivity contribution >= 4 is 5.82 Å². The van der Waals surface area contributed by atoms with Gasteiger partial charge in [-0.2, -0.15) is 0 Å². The average Bonchev–Trinajstić information content (AvgIpc) is 2.39. The maximum Gasteiger partial charge on any atom is 0.290 e. The van der Waals surface area contributed by atoms with Crippen molar-refractivity contribution in [2.45, 2.75) is 37.8 Å². The van der Waals surface area contributed by atoms with Crippen molar-refractivity contribution in [2.24, 2.45) is 0 Å². The molecule has 0 atom stereocenters. The molecule has 94 valence electrons.